The number of aliphatic imine (C=N–C) groups is 2. The molecule has 0 saturated carbocycles. The predicted molar refractivity (Wildman–Crippen MR) is 272 cm³/mol. The molecule has 0 fully saturated rings. The molecule has 0 bridgehead atoms. The van der Waals surface area contributed by atoms with Crippen LogP contribution in [-0.4, -0.2) is 48.4 Å². The summed E-state index contributed by atoms with van der Waals surface area (Å²) in [6, 6.07) is 58.4. The molecular formula is C58H53N7. The van der Waals surface area contributed by atoms with Crippen LogP contribution in [0.1, 0.15) is 66.8 Å². The maximum absolute atomic E-state index is 5.31. The number of benzene rings is 6. The molecule has 5 heterocycles. The van der Waals surface area contributed by atoms with Crippen molar-refractivity contribution in [2.45, 2.75) is 77.5 Å². The molecule has 0 amide bonds. The molecule has 2 aliphatic heterocycles. The van der Waals surface area contributed by atoms with Crippen molar-refractivity contribution in [3.05, 3.63) is 188 Å². The Morgan fingerprint density at radius 1 is 0.385 bits per heavy atom. The molecule has 11 rings (SSSR count). The zero-order valence-electron chi connectivity index (χ0n) is 38.4. The van der Waals surface area contributed by atoms with Crippen LogP contribution in [0.15, 0.2) is 186 Å². The van der Waals surface area contributed by atoms with Crippen LogP contribution < -0.4 is 9.80 Å². The Morgan fingerprint density at radius 2 is 0.846 bits per heavy atom. The van der Waals surface area contributed by atoms with E-state index in [1.807, 2.05) is 12.4 Å². The fourth-order valence-corrected chi connectivity index (χ4v) is 9.90. The van der Waals surface area contributed by atoms with Crippen LogP contribution >= 0.6 is 0 Å². The first-order chi connectivity index (χ1) is 31.2. The summed E-state index contributed by atoms with van der Waals surface area (Å²) >= 11 is 0. The monoisotopic (exact) mass is 847 g/mol. The number of aromatic nitrogens is 3. The summed E-state index contributed by atoms with van der Waals surface area (Å²) in [4.78, 5) is 25.5. The Morgan fingerprint density at radius 3 is 1.35 bits per heavy atom. The number of nitrogens with zero attached hydrogens (tertiary/aromatic N) is 7. The molecule has 6 aromatic carbocycles. The quantitative estimate of drug-likeness (QED) is 0.160. The maximum atomic E-state index is 5.31. The molecule has 0 saturated heterocycles. The lowest BCUT2D eigenvalue weighted by atomic mass is 9.83. The molecule has 9 aromatic rings. The standard InChI is InChI=1S/C58H53N7/c1-55(2)57(5,6)64(42-22-14-10-15-23-42)53(61-55)48-32-29-39(36-59-48)38-28-31-46-50(34-38)63(41-20-12-9-13-21-41)51-35-47(44-26-18-19-27-45(44)52(46)51)40-30-33-49(60-37-40)54-62-56(3,4)58(7,8)65(54)43-24-16-11-17-25-43/h9-37H,1-8H3. The minimum absolute atomic E-state index is 0.256. The molecule has 3 aromatic heterocycles. The van der Waals surface area contributed by atoms with Gasteiger partial charge in [0.15, 0.2) is 11.7 Å². The van der Waals surface area contributed by atoms with E-state index in [0.29, 0.717) is 0 Å². The highest BCUT2D eigenvalue weighted by atomic mass is 15.4. The third-order valence-corrected chi connectivity index (χ3v) is 14.8. The van der Waals surface area contributed by atoms with Gasteiger partial charge in [-0.15, -0.1) is 0 Å². The molecule has 0 aliphatic carbocycles. The van der Waals surface area contributed by atoms with Gasteiger partial charge in [0.25, 0.3) is 0 Å². The fraction of sp³-hybridized carbons (Fsp3) is 0.207. The summed E-state index contributed by atoms with van der Waals surface area (Å²) in [5, 5.41) is 4.80. The molecule has 0 N–H and O–H groups in total. The lowest BCUT2D eigenvalue weighted by molar-refractivity contribution is 0.338. The first-order valence-electron chi connectivity index (χ1n) is 22.6. The Balaban J connectivity index is 1.03. The van der Waals surface area contributed by atoms with Crippen molar-refractivity contribution in [2.75, 3.05) is 9.80 Å². The number of para-hydroxylation sites is 3. The van der Waals surface area contributed by atoms with Crippen LogP contribution in [0.2, 0.25) is 0 Å². The van der Waals surface area contributed by atoms with Crippen LogP contribution in [0.4, 0.5) is 11.4 Å². The van der Waals surface area contributed by atoms with Gasteiger partial charge < -0.3 is 14.4 Å². The van der Waals surface area contributed by atoms with Crippen molar-refractivity contribution in [3.8, 4) is 27.9 Å². The molecule has 320 valence electrons. The molecule has 7 heteroatoms. The van der Waals surface area contributed by atoms with E-state index in [1.54, 1.807) is 0 Å². The average molecular weight is 848 g/mol. The second kappa shape index (κ2) is 14.6. The highest BCUT2D eigenvalue weighted by molar-refractivity contribution is 6.24. The molecule has 0 spiro atoms. The van der Waals surface area contributed by atoms with Crippen molar-refractivity contribution in [3.63, 3.8) is 0 Å². The number of anilines is 2. The van der Waals surface area contributed by atoms with Crippen molar-refractivity contribution < 1.29 is 0 Å². The highest BCUT2D eigenvalue weighted by Crippen LogP contribution is 2.45. The number of hydrogen-bond donors (Lipinski definition) is 0. The van der Waals surface area contributed by atoms with Gasteiger partial charge in [-0.05, 0) is 138 Å². The van der Waals surface area contributed by atoms with Crippen LogP contribution in [0.5, 0.6) is 0 Å². The Hall–Kier alpha value is -7.38. The first kappa shape index (κ1) is 40.4. The van der Waals surface area contributed by atoms with Crippen LogP contribution in [-0.2, 0) is 0 Å². The van der Waals surface area contributed by atoms with Gasteiger partial charge in [0.1, 0.15) is 11.4 Å². The second-order valence-corrected chi connectivity index (χ2v) is 19.6. The van der Waals surface area contributed by atoms with E-state index in [-0.39, 0.29) is 22.2 Å². The van der Waals surface area contributed by atoms with E-state index in [4.69, 9.17) is 20.0 Å². The van der Waals surface area contributed by atoms with E-state index in [0.717, 1.165) is 73.4 Å². The smallest absolute Gasteiger partial charge is 0.155 e. The van der Waals surface area contributed by atoms with Crippen molar-refractivity contribution in [2.24, 2.45) is 9.98 Å². The number of rotatable bonds is 7. The number of hydrogen-bond acceptors (Lipinski definition) is 6. The van der Waals surface area contributed by atoms with E-state index in [1.165, 1.54) is 21.5 Å². The molecule has 7 nitrogen and oxygen atoms in total. The van der Waals surface area contributed by atoms with Gasteiger partial charge in [-0.2, -0.15) is 0 Å². The van der Waals surface area contributed by atoms with E-state index in [9.17, 15) is 0 Å². The third-order valence-electron chi connectivity index (χ3n) is 14.8. The predicted octanol–water partition coefficient (Wildman–Crippen LogP) is 13.7. The Kier molecular flexibility index (Phi) is 9.06. The maximum Gasteiger partial charge on any atom is 0.155 e. The zero-order valence-corrected chi connectivity index (χ0v) is 38.4. The van der Waals surface area contributed by atoms with E-state index < -0.39 is 0 Å². The van der Waals surface area contributed by atoms with Gasteiger partial charge >= 0.3 is 0 Å². The van der Waals surface area contributed by atoms with Gasteiger partial charge in [-0.25, -0.2) is 0 Å². The fourth-order valence-electron chi connectivity index (χ4n) is 9.90. The summed E-state index contributed by atoms with van der Waals surface area (Å²) in [5.74, 6) is 1.77. The van der Waals surface area contributed by atoms with Gasteiger partial charge in [0, 0.05) is 51.4 Å². The number of pyridine rings is 2. The minimum atomic E-state index is -0.325. The molecule has 0 radical (unpaired) electrons. The van der Waals surface area contributed by atoms with Gasteiger partial charge in [-0.3, -0.25) is 20.0 Å². The van der Waals surface area contributed by atoms with Gasteiger partial charge in [0.05, 0.1) is 33.2 Å². The summed E-state index contributed by atoms with van der Waals surface area (Å²) < 4.78 is 2.41. The third kappa shape index (κ3) is 6.23. The lowest BCUT2D eigenvalue weighted by Gasteiger charge is -2.41. The Bertz CT molecular complexity index is 3340. The summed E-state index contributed by atoms with van der Waals surface area (Å²) in [5.41, 5.74) is 10.5. The van der Waals surface area contributed by atoms with Crippen LogP contribution in [0, 0.1) is 0 Å². The van der Waals surface area contributed by atoms with Crippen LogP contribution in [0.3, 0.4) is 0 Å². The average Bonchev–Trinajstić information content (AvgIpc) is 3.83. The summed E-state index contributed by atoms with van der Waals surface area (Å²) in [6.07, 6.45) is 4.02. The lowest BCUT2D eigenvalue weighted by Crippen LogP contribution is -2.53. The second-order valence-electron chi connectivity index (χ2n) is 19.6. The van der Waals surface area contributed by atoms with Crippen molar-refractivity contribution in [1.29, 1.82) is 0 Å². The van der Waals surface area contributed by atoms with Gasteiger partial charge in [0.2, 0.25) is 0 Å². The zero-order chi connectivity index (χ0) is 44.9. The van der Waals surface area contributed by atoms with E-state index >= 15 is 0 Å². The Labute approximate surface area is 381 Å². The van der Waals surface area contributed by atoms with Crippen molar-refractivity contribution >= 4 is 55.6 Å². The van der Waals surface area contributed by atoms with Crippen LogP contribution in [0.25, 0.3) is 60.5 Å². The molecule has 0 unspecified atom stereocenters. The number of fused-ring (bicyclic) bond motifs is 5. The SMILES string of the molecule is CC1(C)N=C(c2ccc(-c3ccc4c5c6ccccc6c(-c6ccc(C7=NC(C)(C)C(C)(C)N7c7ccccc7)nc6)cc5n(-c5ccccc5)c4c3)cn2)N(c2ccccc2)C1(C)C. The summed E-state index contributed by atoms with van der Waals surface area (Å²) in [6.45, 7) is 17.9. The molecule has 2 aliphatic rings. The highest BCUT2D eigenvalue weighted by Gasteiger charge is 2.51. The van der Waals surface area contributed by atoms with E-state index in [2.05, 4.69) is 234 Å². The molecule has 65 heavy (non-hydrogen) atoms. The normalized spacial score (nSPS) is 17.2. The summed E-state index contributed by atoms with van der Waals surface area (Å²) in [7, 11) is 0. The minimum Gasteiger partial charge on any atom is -0.317 e. The number of amidine groups is 2. The first-order valence-corrected chi connectivity index (χ1v) is 22.6. The molecular weight excluding hydrogens is 795 g/mol. The topological polar surface area (TPSA) is 61.9 Å². The van der Waals surface area contributed by atoms with Gasteiger partial charge in [-0.1, -0.05) is 103 Å². The molecule has 0 atom stereocenters. The van der Waals surface area contributed by atoms with Crippen molar-refractivity contribution in [1.82, 2.24) is 14.5 Å². The largest absolute Gasteiger partial charge is 0.317 e.